The van der Waals surface area contributed by atoms with Gasteiger partial charge in [-0.15, -0.1) is 0 Å². The number of hydrogen-bond donors (Lipinski definition) is 0. The molecule has 0 saturated heterocycles. The monoisotopic (exact) mass is 274 g/mol. The van der Waals surface area contributed by atoms with Crippen LogP contribution < -0.4 is 4.57 Å². The standard InChI is InChI=1S/C20H20N/c1-17(20-10-6-3-7-11-20)21-14-12-19(13-15-21)16-18-8-4-2-5-9-18/h2-15,17H,16H2,1H3/q+1. The maximum atomic E-state index is 2.25. The van der Waals surface area contributed by atoms with Crippen LogP contribution in [0.2, 0.25) is 0 Å². The Hall–Kier alpha value is -2.41. The van der Waals surface area contributed by atoms with E-state index in [9.17, 15) is 0 Å². The normalized spacial score (nSPS) is 12.0. The number of pyridine rings is 1. The number of nitrogens with zero attached hydrogens (tertiary/aromatic N) is 1. The van der Waals surface area contributed by atoms with Crippen LogP contribution in [-0.2, 0) is 6.42 Å². The first kappa shape index (κ1) is 13.6. The largest absolute Gasteiger partial charge is 0.198 e. The second-order valence-corrected chi connectivity index (χ2v) is 5.40. The van der Waals surface area contributed by atoms with E-state index in [1.165, 1.54) is 16.7 Å². The third-order valence-corrected chi connectivity index (χ3v) is 3.90. The SMILES string of the molecule is CC(c1ccccc1)[n+]1ccc(Cc2ccccc2)cc1. The molecule has 0 fully saturated rings. The van der Waals surface area contributed by atoms with Gasteiger partial charge >= 0.3 is 0 Å². The molecule has 0 bridgehead atoms. The molecule has 1 heterocycles. The van der Waals surface area contributed by atoms with Crippen LogP contribution in [0.5, 0.6) is 0 Å². The fourth-order valence-corrected chi connectivity index (χ4v) is 2.58. The first-order chi connectivity index (χ1) is 10.3. The Morgan fingerprint density at radius 2 is 1.24 bits per heavy atom. The molecule has 0 saturated carbocycles. The number of hydrogen-bond acceptors (Lipinski definition) is 0. The van der Waals surface area contributed by atoms with Crippen molar-refractivity contribution < 1.29 is 4.57 Å². The van der Waals surface area contributed by atoms with E-state index in [-0.39, 0.29) is 0 Å². The van der Waals surface area contributed by atoms with Crippen LogP contribution in [0.15, 0.2) is 85.2 Å². The lowest BCUT2D eigenvalue weighted by molar-refractivity contribution is -0.710. The molecule has 1 atom stereocenters. The Labute approximate surface area is 126 Å². The highest BCUT2D eigenvalue weighted by Crippen LogP contribution is 2.12. The second kappa shape index (κ2) is 6.36. The molecule has 0 aliphatic carbocycles. The lowest BCUT2D eigenvalue weighted by Crippen LogP contribution is -2.37. The van der Waals surface area contributed by atoms with E-state index in [0.29, 0.717) is 6.04 Å². The van der Waals surface area contributed by atoms with E-state index in [0.717, 1.165) is 6.42 Å². The summed E-state index contributed by atoms with van der Waals surface area (Å²) in [6.07, 6.45) is 5.34. The minimum Gasteiger partial charge on any atom is -0.198 e. The van der Waals surface area contributed by atoms with Gasteiger partial charge in [0.2, 0.25) is 0 Å². The maximum Gasteiger partial charge on any atom is 0.180 e. The molecule has 0 radical (unpaired) electrons. The van der Waals surface area contributed by atoms with Gasteiger partial charge < -0.3 is 0 Å². The van der Waals surface area contributed by atoms with Gasteiger partial charge in [0, 0.05) is 24.6 Å². The lowest BCUT2D eigenvalue weighted by atomic mass is 10.1. The van der Waals surface area contributed by atoms with Crippen LogP contribution in [0.1, 0.15) is 29.7 Å². The first-order valence-electron chi connectivity index (χ1n) is 7.41. The molecule has 0 spiro atoms. The zero-order valence-corrected chi connectivity index (χ0v) is 12.3. The molecule has 0 aliphatic rings. The molecule has 104 valence electrons. The predicted molar refractivity (Wildman–Crippen MR) is 86.1 cm³/mol. The maximum absolute atomic E-state index is 2.25. The van der Waals surface area contributed by atoms with Crippen LogP contribution in [0.3, 0.4) is 0 Å². The average molecular weight is 274 g/mol. The highest BCUT2D eigenvalue weighted by molar-refractivity contribution is 5.23. The Morgan fingerprint density at radius 3 is 1.86 bits per heavy atom. The fourth-order valence-electron chi connectivity index (χ4n) is 2.58. The molecule has 3 rings (SSSR count). The van der Waals surface area contributed by atoms with E-state index in [2.05, 4.69) is 96.7 Å². The summed E-state index contributed by atoms with van der Waals surface area (Å²) in [5.41, 5.74) is 4.03. The van der Waals surface area contributed by atoms with Crippen molar-refractivity contribution in [2.45, 2.75) is 19.4 Å². The highest BCUT2D eigenvalue weighted by atomic mass is 15.0. The van der Waals surface area contributed by atoms with Crippen LogP contribution in [0.4, 0.5) is 0 Å². The third kappa shape index (κ3) is 3.38. The fraction of sp³-hybridized carbons (Fsp3) is 0.150. The van der Waals surface area contributed by atoms with E-state index in [1.807, 2.05) is 0 Å². The third-order valence-electron chi connectivity index (χ3n) is 3.90. The molecular weight excluding hydrogens is 254 g/mol. The Balaban J connectivity index is 1.75. The molecule has 3 aromatic rings. The topological polar surface area (TPSA) is 3.88 Å². The molecular formula is C20H20N+. The smallest absolute Gasteiger partial charge is 0.180 e. The molecule has 1 aromatic heterocycles. The van der Waals surface area contributed by atoms with Crippen LogP contribution >= 0.6 is 0 Å². The zero-order chi connectivity index (χ0) is 14.5. The summed E-state index contributed by atoms with van der Waals surface area (Å²) in [6.45, 7) is 2.23. The van der Waals surface area contributed by atoms with Crippen molar-refractivity contribution in [2.75, 3.05) is 0 Å². The van der Waals surface area contributed by atoms with E-state index in [4.69, 9.17) is 0 Å². The molecule has 2 aromatic carbocycles. The molecule has 21 heavy (non-hydrogen) atoms. The average Bonchev–Trinajstić information content (AvgIpc) is 2.57. The number of aromatic nitrogens is 1. The Kier molecular flexibility index (Phi) is 4.11. The van der Waals surface area contributed by atoms with Gasteiger partial charge in [0.1, 0.15) is 0 Å². The molecule has 1 nitrogen and oxygen atoms in total. The van der Waals surface area contributed by atoms with Gasteiger partial charge in [0.15, 0.2) is 18.4 Å². The van der Waals surface area contributed by atoms with Gasteiger partial charge in [0.25, 0.3) is 0 Å². The molecule has 0 amide bonds. The minimum atomic E-state index is 0.358. The van der Waals surface area contributed by atoms with Gasteiger partial charge in [-0.2, -0.15) is 4.57 Å². The van der Waals surface area contributed by atoms with Crippen molar-refractivity contribution in [3.05, 3.63) is 102 Å². The van der Waals surface area contributed by atoms with Gasteiger partial charge in [0.05, 0.1) is 0 Å². The van der Waals surface area contributed by atoms with E-state index >= 15 is 0 Å². The molecule has 0 aliphatic heterocycles. The number of rotatable bonds is 4. The van der Waals surface area contributed by atoms with Gasteiger partial charge in [-0.25, -0.2) is 0 Å². The van der Waals surface area contributed by atoms with Gasteiger partial charge in [-0.3, -0.25) is 0 Å². The minimum absolute atomic E-state index is 0.358. The first-order valence-corrected chi connectivity index (χ1v) is 7.41. The quantitative estimate of drug-likeness (QED) is 0.629. The zero-order valence-electron chi connectivity index (χ0n) is 12.3. The van der Waals surface area contributed by atoms with Crippen molar-refractivity contribution in [3.8, 4) is 0 Å². The Bertz CT molecular complexity index is 672. The molecule has 1 unspecified atom stereocenters. The highest BCUT2D eigenvalue weighted by Gasteiger charge is 2.13. The summed E-state index contributed by atoms with van der Waals surface area (Å²) in [4.78, 5) is 0. The van der Waals surface area contributed by atoms with Gasteiger partial charge in [-0.1, -0.05) is 60.7 Å². The van der Waals surface area contributed by atoms with Crippen LogP contribution in [-0.4, -0.2) is 0 Å². The van der Waals surface area contributed by atoms with Crippen LogP contribution in [0, 0.1) is 0 Å². The summed E-state index contributed by atoms with van der Waals surface area (Å²) < 4.78 is 2.25. The lowest BCUT2D eigenvalue weighted by Gasteiger charge is -2.08. The second-order valence-electron chi connectivity index (χ2n) is 5.40. The molecule has 1 heteroatoms. The van der Waals surface area contributed by atoms with Crippen molar-refractivity contribution in [1.82, 2.24) is 0 Å². The summed E-state index contributed by atoms with van der Waals surface area (Å²) >= 11 is 0. The summed E-state index contributed by atoms with van der Waals surface area (Å²) in [6, 6.07) is 26.0. The predicted octanol–water partition coefficient (Wildman–Crippen LogP) is 4.17. The summed E-state index contributed by atoms with van der Waals surface area (Å²) in [5, 5.41) is 0. The van der Waals surface area contributed by atoms with Crippen molar-refractivity contribution in [2.24, 2.45) is 0 Å². The van der Waals surface area contributed by atoms with Crippen LogP contribution in [0.25, 0.3) is 0 Å². The van der Waals surface area contributed by atoms with E-state index in [1.54, 1.807) is 0 Å². The Morgan fingerprint density at radius 1 is 0.714 bits per heavy atom. The van der Waals surface area contributed by atoms with E-state index < -0.39 is 0 Å². The van der Waals surface area contributed by atoms with Crippen molar-refractivity contribution in [3.63, 3.8) is 0 Å². The summed E-state index contributed by atoms with van der Waals surface area (Å²) in [5.74, 6) is 0. The van der Waals surface area contributed by atoms with Crippen molar-refractivity contribution >= 4 is 0 Å². The van der Waals surface area contributed by atoms with Gasteiger partial charge in [-0.05, 0) is 17.5 Å². The van der Waals surface area contributed by atoms with Crippen molar-refractivity contribution in [1.29, 1.82) is 0 Å². The molecule has 0 N–H and O–H groups in total. The number of benzene rings is 2. The summed E-state index contributed by atoms with van der Waals surface area (Å²) in [7, 11) is 0.